The van der Waals surface area contributed by atoms with Crippen molar-refractivity contribution in [3.63, 3.8) is 0 Å². The number of benzene rings is 1. The number of aliphatic carboxylic acids is 1. The van der Waals surface area contributed by atoms with Crippen LogP contribution in [0.4, 0.5) is 5.69 Å². The van der Waals surface area contributed by atoms with Crippen LogP contribution >= 0.6 is 0 Å². The van der Waals surface area contributed by atoms with E-state index >= 15 is 0 Å². The Balaban J connectivity index is 2.31. The molecule has 0 aliphatic carbocycles. The maximum absolute atomic E-state index is 12.4. The molecular formula is C13H16N2O4. The van der Waals surface area contributed by atoms with Crippen LogP contribution in [0.5, 0.6) is 5.75 Å². The van der Waals surface area contributed by atoms with Gasteiger partial charge in [0, 0.05) is 12.2 Å². The molecule has 3 N–H and O–H groups in total. The number of carboxylic acid groups (broad SMARTS) is 1. The van der Waals surface area contributed by atoms with Crippen LogP contribution in [0, 0.1) is 0 Å². The predicted molar refractivity (Wildman–Crippen MR) is 69.1 cm³/mol. The summed E-state index contributed by atoms with van der Waals surface area (Å²) in [6.45, 7) is 0.437. The Labute approximate surface area is 110 Å². The third kappa shape index (κ3) is 2.47. The van der Waals surface area contributed by atoms with E-state index in [4.69, 9.17) is 15.6 Å². The average molecular weight is 264 g/mol. The number of nitrogen functional groups attached to an aromatic ring is 1. The van der Waals surface area contributed by atoms with Crippen LogP contribution in [0.1, 0.15) is 23.2 Å². The number of carbonyl (C=O) groups excluding carboxylic acids is 1. The molecule has 1 saturated heterocycles. The zero-order valence-corrected chi connectivity index (χ0v) is 10.6. The van der Waals surface area contributed by atoms with Gasteiger partial charge in [-0.2, -0.15) is 0 Å². The number of carbonyl (C=O) groups is 2. The lowest BCUT2D eigenvalue weighted by Gasteiger charge is -2.22. The fourth-order valence-electron chi connectivity index (χ4n) is 2.27. The largest absolute Gasteiger partial charge is 0.497 e. The lowest BCUT2D eigenvalue weighted by Crippen LogP contribution is -2.40. The van der Waals surface area contributed by atoms with Crippen LogP contribution in [-0.4, -0.2) is 41.6 Å². The Morgan fingerprint density at radius 2 is 2.21 bits per heavy atom. The monoisotopic (exact) mass is 264 g/mol. The second-order valence-electron chi connectivity index (χ2n) is 4.45. The predicted octanol–water partition coefficient (Wildman–Crippen LogP) is 0.967. The summed E-state index contributed by atoms with van der Waals surface area (Å²) in [6, 6.07) is 4.01. The molecule has 0 spiro atoms. The highest BCUT2D eigenvalue weighted by Gasteiger charge is 2.35. The number of methoxy groups -OCH3 is 1. The number of amides is 1. The maximum Gasteiger partial charge on any atom is 0.326 e. The number of nitrogens with two attached hydrogens (primary N) is 1. The molecule has 0 saturated carbocycles. The first-order valence-electron chi connectivity index (χ1n) is 6.02. The van der Waals surface area contributed by atoms with Gasteiger partial charge in [0.1, 0.15) is 11.8 Å². The van der Waals surface area contributed by atoms with Crippen molar-refractivity contribution < 1.29 is 19.4 Å². The van der Waals surface area contributed by atoms with E-state index < -0.39 is 12.0 Å². The summed E-state index contributed by atoms with van der Waals surface area (Å²) in [4.78, 5) is 24.8. The fraction of sp³-hybridized carbons (Fsp3) is 0.385. The van der Waals surface area contributed by atoms with Crippen molar-refractivity contribution in [1.29, 1.82) is 0 Å². The van der Waals surface area contributed by atoms with Crippen molar-refractivity contribution >= 4 is 17.6 Å². The first-order chi connectivity index (χ1) is 9.04. The molecule has 2 rings (SSSR count). The highest BCUT2D eigenvalue weighted by Crippen LogP contribution is 2.25. The molecule has 0 bridgehead atoms. The van der Waals surface area contributed by atoms with Crippen molar-refractivity contribution in [2.24, 2.45) is 0 Å². The Morgan fingerprint density at radius 1 is 1.47 bits per heavy atom. The molecule has 1 aliphatic rings. The Bertz CT molecular complexity index is 515. The highest BCUT2D eigenvalue weighted by molar-refractivity contribution is 6.01. The van der Waals surface area contributed by atoms with Gasteiger partial charge in [-0.15, -0.1) is 0 Å². The number of nitrogens with zero attached hydrogens (tertiary/aromatic N) is 1. The topological polar surface area (TPSA) is 92.9 Å². The van der Waals surface area contributed by atoms with E-state index in [9.17, 15) is 9.59 Å². The van der Waals surface area contributed by atoms with E-state index in [-0.39, 0.29) is 11.5 Å². The molecule has 1 aromatic rings. The number of hydrogen-bond donors (Lipinski definition) is 2. The lowest BCUT2D eigenvalue weighted by molar-refractivity contribution is -0.141. The van der Waals surface area contributed by atoms with Crippen molar-refractivity contribution in [2.45, 2.75) is 18.9 Å². The molecular weight excluding hydrogens is 248 g/mol. The third-order valence-corrected chi connectivity index (χ3v) is 3.29. The molecule has 19 heavy (non-hydrogen) atoms. The highest BCUT2D eigenvalue weighted by atomic mass is 16.5. The fourth-order valence-corrected chi connectivity index (χ4v) is 2.27. The van der Waals surface area contributed by atoms with Gasteiger partial charge in [-0.3, -0.25) is 4.79 Å². The van der Waals surface area contributed by atoms with E-state index in [0.29, 0.717) is 30.8 Å². The van der Waals surface area contributed by atoms with Crippen molar-refractivity contribution in [2.75, 3.05) is 19.4 Å². The molecule has 6 heteroatoms. The summed E-state index contributed by atoms with van der Waals surface area (Å²) in [6.07, 6.45) is 1.16. The second kappa shape index (κ2) is 5.17. The number of likely N-dealkylation sites (tertiary alicyclic amines) is 1. The quantitative estimate of drug-likeness (QED) is 0.793. The summed E-state index contributed by atoms with van der Waals surface area (Å²) in [5, 5.41) is 9.10. The van der Waals surface area contributed by atoms with Gasteiger partial charge >= 0.3 is 5.97 Å². The minimum absolute atomic E-state index is 0.285. The number of anilines is 1. The van der Waals surface area contributed by atoms with E-state index in [2.05, 4.69) is 0 Å². The Morgan fingerprint density at radius 3 is 2.84 bits per heavy atom. The summed E-state index contributed by atoms with van der Waals surface area (Å²) in [5.41, 5.74) is 6.39. The number of hydrogen-bond acceptors (Lipinski definition) is 4. The van der Waals surface area contributed by atoms with Gasteiger partial charge in [0.05, 0.1) is 12.7 Å². The third-order valence-electron chi connectivity index (χ3n) is 3.29. The summed E-state index contributed by atoms with van der Waals surface area (Å²) < 4.78 is 5.05. The Hall–Kier alpha value is -2.24. The summed E-state index contributed by atoms with van der Waals surface area (Å²) in [5.74, 6) is -0.822. The first kappa shape index (κ1) is 13.2. The van der Waals surface area contributed by atoms with Gasteiger partial charge < -0.3 is 20.5 Å². The molecule has 102 valence electrons. The standard InChI is InChI=1S/C13H16N2O4/c1-19-8-4-5-10(14)9(7-8)12(16)15-6-2-3-11(15)13(17)18/h4-5,7,11H,2-3,6,14H2,1H3,(H,17,18)/t11-/m0/s1. The number of carboxylic acids is 1. The molecule has 1 aliphatic heterocycles. The van der Waals surface area contributed by atoms with Crippen LogP contribution in [0.3, 0.4) is 0 Å². The van der Waals surface area contributed by atoms with Gasteiger partial charge in [0.25, 0.3) is 5.91 Å². The average Bonchev–Trinajstić information content (AvgIpc) is 2.88. The normalized spacial score (nSPS) is 18.4. The molecule has 0 unspecified atom stereocenters. The summed E-state index contributed by atoms with van der Waals surface area (Å²) in [7, 11) is 1.50. The van der Waals surface area contributed by atoms with Crippen LogP contribution in [-0.2, 0) is 4.79 Å². The maximum atomic E-state index is 12.4. The molecule has 0 aromatic heterocycles. The van der Waals surface area contributed by atoms with Crippen LogP contribution in [0.2, 0.25) is 0 Å². The van der Waals surface area contributed by atoms with E-state index in [1.54, 1.807) is 12.1 Å². The van der Waals surface area contributed by atoms with Crippen molar-refractivity contribution in [3.05, 3.63) is 23.8 Å². The zero-order valence-electron chi connectivity index (χ0n) is 10.6. The molecule has 1 aromatic carbocycles. The molecule has 1 atom stereocenters. The van der Waals surface area contributed by atoms with Gasteiger partial charge in [-0.1, -0.05) is 0 Å². The second-order valence-corrected chi connectivity index (χ2v) is 4.45. The molecule has 6 nitrogen and oxygen atoms in total. The van der Waals surface area contributed by atoms with Crippen LogP contribution in [0.25, 0.3) is 0 Å². The molecule has 1 fully saturated rings. The van der Waals surface area contributed by atoms with E-state index in [1.807, 2.05) is 0 Å². The minimum Gasteiger partial charge on any atom is -0.497 e. The van der Waals surface area contributed by atoms with Gasteiger partial charge in [0.15, 0.2) is 0 Å². The van der Waals surface area contributed by atoms with Crippen LogP contribution in [0.15, 0.2) is 18.2 Å². The number of rotatable bonds is 3. The molecule has 1 amide bonds. The smallest absolute Gasteiger partial charge is 0.326 e. The zero-order chi connectivity index (χ0) is 14.0. The van der Waals surface area contributed by atoms with Crippen molar-refractivity contribution in [1.82, 2.24) is 4.90 Å². The van der Waals surface area contributed by atoms with Gasteiger partial charge in [-0.05, 0) is 31.0 Å². The van der Waals surface area contributed by atoms with Crippen molar-refractivity contribution in [3.8, 4) is 5.75 Å². The van der Waals surface area contributed by atoms with Gasteiger partial charge in [-0.25, -0.2) is 4.79 Å². The first-order valence-corrected chi connectivity index (χ1v) is 6.02. The lowest BCUT2D eigenvalue weighted by atomic mass is 10.1. The number of ether oxygens (including phenoxy) is 1. The van der Waals surface area contributed by atoms with E-state index in [0.717, 1.165) is 0 Å². The van der Waals surface area contributed by atoms with Gasteiger partial charge in [0.2, 0.25) is 0 Å². The van der Waals surface area contributed by atoms with Crippen LogP contribution < -0.4 is 10.5 Å². The minimum atomic E-state index is -0.979. The SMILES string of the molecule is COc1ccc(N)c(C(=O)N2CCC[C@H]2C(=O)O)c1. The molecule has 1 heterocycles. The van der Waals surface area contributed by atoms with E-state index in [1.165, 1.54) is 18.1 Å². The Kier molecular flexibility index (Phi) is 3.59. The molecule has 0 radical (unpaired) electrons. The summed E-state index contributed by atoms with van der Waals surface area (Å²) >= 11 is 0.